The van der Waals surface area contributed by atoms with Crippen LogP contribution in [-0.4, -0.2) is 37.6 Å². The molecule has 0 fully saturated rings. The van der Waals surface area contributed by atoms with Gasteiger partial charge in [-0.3, -0.25) is 4.79 Å². The maximum absolute atomic E-state index is 12.6. The first-order valence-electron chi connectivity index (χ1n) is 8.84. The molecule has 1 atom stereocenters. The second-order valence-corrected chi connectivity index (χ2v) is 6.35. The fraction of sp³-hybridized carbons (Fsp3) is 0.300. The maximum Gasteiger partial charge on any atom is 0.526 e. The van der Waals surface area contributed by atoms with Crippen molar-refractivity contribution in [2.45, 2.75) is 25.6 Å². The molecule has 3 rings (SSSR count). The van der Waals surface area contributed by atoms with E-state index in [1.807, 2.05) is 6.07 Å². The Kier molecular flexibility index (Phi) is 5.81. The van der Waals surface area contributed by atoms with Gasteiger partial charge in [0, 0.05) is 17.8 Å². The molecule has 0 aromatic heterocycles. The van der Waals surface area contributed by atoms with Crippen molar-refractivity contribution in [2.75, 3.05) is 13.7 Å². The van der Waals surface area contributed by atoms with Gasteiger partial charge >= 0.3 is 13.1 Å². The summed E-state index contributed by atoms with van der Waals surface area (Å²) in [5.74, 6) is -0.0769. The zero-order chi connectivity index (χ0) is 19.4. The molecule has 1 heterocycles. The molecule has 0 bridgehead atoms. The monoisotopic (exact) mass is 368 g/mol. The fourth-order valence-electron chi connectivity index (χ4n) is 3.18. The SMILES string of the molecule is CCOC(=O)c1cccc2c1OB(O)[C@@H](CC(=O)c1cccc(OC)c1)C2. The predicted octanol–water partition coefficient (Wildman–Crippen LogP) is 2.93. The van der Waals surface area contributed by atoms with Crippen molar-refractivity contribution in [1.29, 1.82) is 0 Å². The standard InChI is InChI=1S/C20H21BO6/c1-3-26-20(23)17-9-5-7-14-10-15(21(24)27-19(14)17)12-18(22)13-6-4-8-16(11-13)25-2/h4-9,11,15,24H,3,10,12H2,1-2H3/t15-/m1/s1. The Balaban J connectivity index is 1.78. The van der Waals surface area contributed by atoms with Crippen LogP contribution in [0.25, 0.3) is 0 Å². The van der Waals surface area contributed by atoms with Gasteiger partial charge in [-0.25, -0.2) is 4.79 Å². The number of carbonyl (C=O) groups is 2. The molecule has 0 unspecified atom stereocenters. The number of hydrogen-bond donors (Lipinski definition) is 1. The number of ketones is 1. The first-order chi connectivity index (χ1) is 13.0. The highest BCUT2D eigenvalue weighted by Crippen LogP contribution is 2.37. The minimum atomic E-state index is -1.18. The molecule has 0 aliphatic carbocycles. The van der Waals surface area contributed by atoms with Crippen LogP contribution in [0.3, 0.4) is 0 Å². The van der Waals surface area contributed by atoms with Crippen LogP contribution in [0.15, 0.2) is 42.5 Å². The van der Waals surface area contributed by atoms with E-state index in [1.165, 1.54) is 0 Å². The second kappa shape index (κ2) is 8.27. The highest BCUT2D eigenvalue weighted by molar-refractivity contribution is 6.47. The molecule has 0 spiro atoms. The van der Waals surface area contributed by atoms with Crippen molar-refractivity contribution in [1.82, 2.24) is 0 Å². The lowest BCUT2D eigenvalue weighted by molar-refractivity contribution is 0.0523. The van der Waals surface area contributed by atoms with Gasteiger partial charge < -0.3 is 19.2 Å². The lowest BCUT2D eigenvalue weighted by Crippen LogP contribution is -2.36. The van der Waals surface area contributed by atoms with Crippen molar-refractivity contribution >= 4 is 18.9 Å². The third kappa shape index (κ3) is 4.14. The summed E-state index contributed by atoms with van der Waals surface area (Å²) in [6.45, 7) is 1.98. The van der Waals surface area contributed by atoms with E-state index >= 15 is 0 Å². The number of esters is 1. The Labute approximate surface area is 158 Å². The first-order valence-corrected chi connectivity index (χ1v) is 8.84. The summed E-state index contributed by atoms with van der Waals surface area (Å²) in [6.07, 6.45) is 0.552. The number of methoxy groups -OCH3 is 1. The van der Waals surface area contributed by atoms with E-state index < -0.39 is 18.9 Å². The number of para-hydroxylation sites is 1. The number of ether oxygens (including phenoxy) is 2. The molecular weight excluding hydrogens is 347 g/mol. The van der Waals surface area contributed by atoms with Crippen molar-refractivity contribution < 1.29 is 28.7 Å². The van der Waals surface area contributed by atoms with E-state index in [1.54, 1.807) is 50.4 Å². The molecule has 2 aromatic rings. The molecule has 0 radical (unpaired) electrons. The molecule has 0 saturated carbocycles. The van der Waals surface area contributed by atoms with Crippen molar-refractivity contribution in [3.63, 3.8) is 0 Å². The molecule has 1 aliphatic rings. The quantitative estimate of drug-likeness (QED) is 0.480. The Bertz CT molecular complexity index is 850. The van der Waals surface area contributed by atoms with Crippen LogP contribution in [0.2, 0.25) is 5.82 Å². The number of fused-ring (bicyclic) bond motifs is 1. The summed E-state index contributed by atoms with van der Waals surface area (Å²) in [7, 11) is 0.364. The van der Waals surface area contributed by atoms with E-state index in [0.717, 1.165) is 5.56 Å². The van der Waals surface area contributed by atoms with Crippen LogP contribution < -0.4 is 9.39 Å². The van der Waals surface area contributed by atoms with Crippen LogP contribution in [0.4, 0.5) is 0 Å². The molecule has 27 heavy (non-hydrogen) atoms. The lowest BCUT2D eigenvalue weighted by Gasteiger charge is -2.28. The molecule has 2 aromatic carbocycles. The summed E-state index contributed by atoms with van der Waals surface area (Å²) < 4.78 is 15.8. The van der Waals surface area contributed by atoms with Crippen LogP contribution >= 0.6 is 0 Å². The summed E-state index contributed by atoms with van der Waals surface area (Å²) in [5.41, 5.74) is 1.58. The van der Waals surface area contributed by atoms with Gasteiger partial charge in [0.15, 0.2) is 5.78 Å². The average Bonchev–Trinajstić information content (AvgIpc) is 2.68. The van der Waals surface area contributed by atoms with E-state index in [9.17, 15) is 14.6 Å². The van der Waals surface area contributed by atoms with Crippen LogP contribution in [0.5, 0.6) is 11.5 Å². The lowest BCUT2D eigenvalue weighted by atomic mass is 9.64. The fourth-order valence-corrected chi connectivity index (χ4v) is 3.18. The molecule has 6 nitrogen and oxygen atoms in total. The van der Waals surface area contributed by atoms with Gasteiger partial charge in [-0.05, 0) is 37.1 Å². The number of hydrogen-bond acceptors (Lipinski definition) is 6. The molecule has 1 aliphatic heterocycles. The van der Waals surface area contributed by atoms with E-state index in [-0.39, 0.29) is 24.4 Å². The van der Waals surface area contributed by atoms with Crippen LogP contribution in [-0.2, 0) is 11.2 Å². The Morgan fingerprint density at radius 2 is 2.04 bits per heavy atom. The molecule has 0 amide bonds. The first kappa shape index (κ1) is 19.0. The molecule has 1 N–H and O–H groups in total. The van der Waals surface area contributed by atoms with Gasteiger partial charge in [-0.1, -0.05) is 24.3 Å². The normalized spacial score (nSPS) is 15.5. The number of Topliss-reactive ketones (excluding diaryl/α,β-unsaturated/α-hetero) is 1. The molecule has 140 valence electrons. The predicted molar refractivity (Wildman–Crippen MR) is 100 cm³/mol. The largest absolute Gasteiger partial charge is 0.535 e. The summed E-state index contributed by atoms with van der Waals surface area (Å²) in [4.78, 5) is 24.7. The minimum Gasteiger partial charge on any atom is -0.535 e. The highest BCUT2D eigenvalue weighted by atomic mass is 16.5. The third-order valence-electron chi connectivity index (χ3n) is 4.56. The Hall–Kier alpha value is -2.80. The topological polar surface area (TPSA) is 82.1 Å². The van der Waals surface area contributed by atoms with Gasteiger partial charge in [-0.2, -0.15) is 0 Å². The Morgan fingerprint density at radius 3 is 2.78 bits per heavy atom. The zero-order valence-electron chi connectivity index (χ0n) is 15.3. The van der Waals surface area contributed by atoms with Gasteiger partial charge in [0.25, 0.3) is 0 Å². The third-order valence-corrected chi connectivity index (χ3v) is 4.56. The number of rotatable bonds is 6. The van der Waals surface area contributed by atoms with Crippen LogP contribution in [0.1, 0.15) is 39.6 Å². The van der Waals surface area contributed by atoms with Crippen LogP contribution in [0, 0.1) is 0 Å². The average molecular weight is 368 g/mol. The molecule has 0 saturated heterocycles. The summed E-state index contributed by atoms with van der Waals surface area (Å²) in [6, 6.07) is 12.1. The van der Waals surface area contributed by atoms with Crippen molar-refractivity contribution in [2.24, 2.45) is 0 Å². The van der Waals surface area contributed by atoms with E-state index in [4.69, 9.17) is 14.1 Å². The summed E-state index contributed by atoms with van der Waals surface area (Å²) in [5, 5.41) is 10.4. The zero-order valence-corrected chi connectivity index (χ0v) is 15.3. The van der Waals surface area contributed by atoms with E-state index in [2.05, 4.69) is 0 Å². The molecule has 7 heteroatoms. The smallest absolute Gasteiger partial charge is 0.526 e. The minimum absolute atomic E-state index is 0.105. The summed E-state index contributed by atoms with van der Waals surface area (Å²) >= 11 is 0. The molecular formula is C20H21BO6. The number of carbonyl (C=O) groups excluding carboxylic acids is 2. The van der Waals surface area contributed by atoms with Gasteiger partial charge in [0.1, 0.15) is 17.1 Å². The number of benzene rings is 2. The van der Waals surface area contributed by atoms with Gasteiger partial charge in [0.05, 0.1) is 13.7 Å². The maximum atomic E-state index is 12.6. The van der Waals surface area contributed by atoms with Crippen molar-refractivity contribution in [3.05, 3.63) is 59.2 Å². The van der Waals surface area contributed by atoms with Gasteiger partial charge in [-0.15, -0.1) is 0 Å². The van der Waals surface area contributed by atoms with Gasteiger partial charge in [0.2, 0.25) is 0 Å². The highest BCUT2D eigenvalue weighted by Gasteiger charge is 2.38. The van der Waals surface area contributed by atoms with E-state index in [0.29, 0.717) is 23.5 Å². The Morgan fingerprint density at radius 1 is 1.26 bits per heavy atom. The second-order valence-electron chi connectivity index (χ2n) is 6.35. The van der Waals surface area contributed by atoms with Crippen molar-refractivity contribution in [3.8, 4) is 11.5 Å².